The molecule has 0 heterocycles. The number of carbonyl (C=O) groups is 2. The molecular formula is C31H35BrN2O2S. The summed E-state index contributed by atoms with van der Waals surface area (Å²) in [6.45, 7) is 0.411. The number of nitrogens with zero attached hydrogens (tertiary/aromatic N) is 1. The molecule has 0 aromatic heterocycles. The van der Waals surface area contributed by atoms with Crippen LogP contribution < -0.4 is 5.32 Å². The van der Waals surface area contributed by atoms with Gasteiger partial charge >= 0.3 is 0 Å². The zero-order chi connectivity index (χ0) is 25.9. The normalized spacial score (nSPS) is 14.6. The number of thioether (sulfide) groups is 1. The lowest BCUT2D eigenvalue weighted by Gasteiger charge is -2.33. The Labute approximate surface area is 233 Å². The molecule has 0 saturated heterocycles. The van der Waals surface area contributed by atoms with Crippen LogP contribution in [0, 0.1) is 0 Å². The third kappa shape index (κ3) is 8.75. The molecule has 0 bridgehead atoms. The fraction of sp³-hybridized carbons (Fsp3) is 0.355. The summed E-state index contributed by atoms with van der Waals surface area (Å²) in [5, 5.41) is 3.30. The number of benzene rings is 3. The second-order valence-electron chi connectivity index (χ2n) is 9.68. The van der Waals surface area contributed by atoms with Crippen molar-refractivity contribution in [3.05, 3.63) is 106 Å². The molecule has 1 fully saturated rings. The van der Waals surface area contributed by atoms with Gasteiger partial charge in [-0.3, -0.25) is 9.59 Å². The molecule has 194 valence electrons. The molecular weight excluding hydrogens is 544 g/mol. The van der Waals surface area contributed by atoms with Crippen molar-refractivity contribution < 1.29 is 9.59 Å². The molecule has 37 heavy (non-hydrogen) atoms. The highest BCUT2D eigenvalue weighted by molar-refractivity contribution is 9.10. The molecule has 4 rings (SSSR count). The number of carbonyl (C=O) groups excluding carboxylic acids is 2. The first-order chi connectivity index (χ1) is 18.1. The van der Waals surface area contributed by atoms with Crippen molar-refractivity contribution >= 4 is 39.5 Å². The van der Waals surface area contributed by atoms with E-state index in [1.54, 1.807) is 16.7 Å². The maximum Gasteiger partial charge on any atom is 0.243 e. The van der Waals surface area contributed by atoms with Crippen molar-refractivity contribution in [2.45, 2.75) is 62.9 Å². The largest absolute Gasteiger partial charge is 0.352 e. The van der Waals surface area contributed by atoms with Crippen LogP contribution in [0.5, 0.6) is 0 Å². The smallest absolute Gasteiger partial charge is 0.243 e. The Morgan fingerprint density at radius 2 is 1.46 bits per heavy atom. The zero-order valence-electron chi connectivity index (χ0n) is 21.2. The van der Waals surface area contributed by atoms with Gasteiger partial charge in [-0.15, -0.1) is 11.8 Å². The van der Waals surface area contributed by atoms with Gasteiger partial charge in [0.2, 0.25) is 11.8 Å². The van der Waals surface area contributed by atoms with Gasteiger partial charge in [0.25, 0.3) is 0 Å². The lowest BCUT2D eigenvalue weighted by Crippen LogP contribution is -2.53. The van der Waals surface area contributed by atoms with Crippen molar-refractivity contribution in [3.8, 4) is 0 Å². The molecule has 6 heteroatoms. The molecule has 3 aromatic carbocycles. The van der Waals surface area contributed by atoms with Crippen LogP contribution in [-0.4, -0.2) is 34.6 Å². The fourth-order valence-corrected chi connectivity index (χ4v) is 5.93. The number of nitrogens with one attached hydrogen (secondary N) is 1. The van der Waals surface area contributed by atoms with Crippen LogP contribution in [0.1, 0.15) is 48.8 Å². The molecule has 0 aliphatic heterocycles. The van der Waals surface area contributed by atoms with E-state index >= 15 is 0 Å². The molecule has 3 aromatic rings. The Balaban J connectivity index is 1.54. The highest BCUT2D eigenvalue weighted by Crippen LogP contribution is 2.21. The van der Waals surface area contributed by atoms with Crippen LogP contribution in [0.3, 0.4) is 0 Å². The summed E-state index contributed by atoms with van der Waals surface area (Å²) in [5.41, 5.74) is 3.25. The summed E-state index contributed by atoms with van der Waals surface area (Å²) in [7, 11) is 0. The average molecular weight is 580 g/mol. The Hall–Kier alpha value is -2.57. The quantitative estimate of drug-likeness (QED) is 0.273. The fourth-order valence-electron chi connectivity index (χ4n) is 4.80. The minimum Gasteiger partial charge on any atom is -0.352 e. The molecule has 1 saturated carbocycles. The van der Waals surface area contributed by atoms with Crippen LogP contribution in [-0.2, 0) is 28.3 Å². The van der Waals surface area contributed by atoms with Crippen LogP contribution >= 0.6 is 27.7 Å². The maximum absolute atomic E-state index is 13.8. The van der Waals surface area contributed by atoms with Gasteiger partial charge in [0.15, 0.2) is 0 Å². The summed E-state index contributed by atoms with van der Waals surface area (Å²) in [4.78, 5) is 29.3. The minimum atomic E-state index is -0.565. The van der Waals surface area contributed by atoms with Gasteiger partial charge in [-0.25, -0.2) is 0 Å². The Morgan fingerprint density at radius 1 is 0.838 bits per heavy atom. The van der Waals surface area contributed by atoms with Crippen molar-refractivity contribution in [2.24, 2.45) is 0 Å². The van der Waals surface area contributed by atoms with Crippen molar-refractivity contribution in [1.29, 1.82) is 0 Å². The van der Waals surface area contributed by atoms with Gasteiger partial charge in [-0.2, -0.15) is 0 Å². The highest BCUT2D eigenvalue weighted by atomic mass is 79.9. The van der Waals surface area contributed by atoms with Gasteiger partial charge in [-0.05, 0) is 41.7 Å². The van der Waals surface area contributed by atoms with Crippen LogP contribution in [0.2, 0.25) is 0 Å². The SMILES string of the molecule is O=C(NC1CCCCC1)[C@H](Cc1ccccc1)N(Cc1ccccc1)C(=O)CSCc1ccc(Br)cc1. The molecule has 1 aliphatic carbocycles. The molecule has 0 spiro atoms. The van der Waals surface area contributed by atoms with Gasteiger partial charge in [0.1, 0.15) is 6.04 Å². The van der Waals surface area contributed by atoms with Crippen LogP contribution in [0.25, 0.3) is 0 Å². The summed E-state index contributed by atoms with van der Waals surface area (Å²) in [6.07, 6.45) is 6.05. The number of amides is 2. The molecule has 2 amide bonds. The third-order valence-corrected chi connectivity index (χ3v) is 8.34. The van der Waals surface area contributed by atoms with E-state index in [0.29, 0.717) is 18.7 Å². The van der Waals surface area contributed by atoms with E-state index in [1.165, 1.54) is 12.0 Å². The van der Waals surface area contributed by atoms with E-state index in [4.69, 9.17) is 0 Å². The number of halogens is 1. The monoisotopic (exact) mass is 578 g/mol. The molecule has 0 unspecified atom stereocenters. The Bertz CT molecular complexity index is 1120. The second-order valence-corrected chi connectivity index (χ2v) is 11.6. The lowest BCUT2D eigenvalue weighted by atomic mass is 9.94. The predicted octanol–water partition coefficient (Wildman–Crippen LogP) is 6.77. The van der Waals surface area contributed by atoms with Gasteiger partial charge in [-0.1, -0.05) is 108 Å². The maximum atomic E-state index is 13.8. The van der Waals surface area contributed by atoms with Crippen LogP contribution in [0.4, 0.5) is 0 Å². The first kappa shape index (κ1) is 27.5. The summed E-state index contributed by atoms with van der Waals surface area (Å²) in [5.74, 6) is 1.02. The summed E-state index contributed by atoms with van der Waals surface area (Å²) >= 11 is 5.07. The van der Waals surface area contributed by atoms with E-state index in [2.05, 4.69) is 33.4 Å². The minimum absolute atomic E-state index is 0.00862. The molecule has 4 nitrogen and oxygen atoms in total. The topological polar surface area (TPSA) is 49.4 Å². The van der Waals surface area contributed by atoms with Gasteiger partial charge in [0, 0.05) is 29.2 Å². The first-order valence-electron chi connectivity index (χ1n) is 13.1. The molecule has 1 atom stereocenters. The Morgan fingerprint density at radius 3 is 2.11 bits per heavy atom. The molecule has 0 radical (unpaired) electrons. The molecule has 1 aliphatic rings. The van der Waals surface area contributed by atoms with E-state index in [1.807, 2.05) is 72.8 Å². The number of rotatable bonds is 11. The Kier molecular flexibility index (Phi) is 10.7. The van der Waals surface area contributed by atoms with E-state index in [-0.39, 0.29) is 17.9 Å². The van der Waals surface area contributed by atoms with E-state index in [0.717, 1.165) is 47.0 Å². The predicted molar refractivity (Wildman–Crippen MR) is 156 cm³/mol. The highest BCUT2D eigenvalue weighted by Gasteiger charge is 2.31. The van der Waals surface area contributed by atoms with Gasteiger partial charge in [0.05, 0.1) is 5.75 Å². The third-order valence-electron chi connectivity index (χ3n) is 6.83. The summed E-state index contributed by atoms with van der Waals surface area (Å²) < 4.78 is 1.04. The van der Waals surface area contributed by atoms with Gasteiger partial charge < -0.3 is 10.2 Å². The number of hydrogen-bond donors (Lipinski definition) is 1. The molecule has 1 N–H and O–H groups in total. The van der Waals surface area contributed by atoms with Crippen molar-refractivity contribution in [3.63, 3.8) is 0 Å². The zero-order valence-corrected chi connectivity index (χ0v) is 23.6. The lowest BCUT2D eigenvalue weighted by molar-refractivity contribution is -0.139. The van der Waals surface area contributed by atoms with E-state index in [9.17, 15) is 9.59 Å². The average Bonchev–Trinajstić information content (AvgIpc) is 2.93. The second kappa shape index (κ2) is 14.4. The van der Waals surface area contributed by atoms with Crippen molar-refractivity contribution in [1.82, 2.24) is 10.2 Å². The standard InChI is InChI=1S/C31H35BrN2O2S/c32-27-18-16-26(17-19-27)22-37-23-30(35)34(21-25-12-6-2-7-13-25)29(20-24-10-4-1-5-11-24)31(36)33-28-14-8-3-9-15-28/h1-2,4-7,10-13,16-19,28-29H,3,8-9,14-15,20-23H2,(H,33,36)/t29-/m0/s1. The number of hydrogen-bond acceptors (Lipinski definition) is 3. The van der Waals surface area contributed by atoms with Crippen molar-refractivity contribution in [2.75, 3.05) is 5.75 Å². The van der Waals surface area contributed by atoms with Crippen LogP contribution in [0.15, 0.2) is 89.4 Å². The first-order valence-corrected chi connectivity index (χ1v) is 15.0. The van der Waals surface area contributed by atoms with E-state index < -0.39 is 6.04 Å². The summed E-state index contributed by atoms with van der Waals surface area (Å²) in [6, 6.07) is 27.8.